The van der Waals surface area contributed by atoms with E-state index in [-0.39, 0.29) is 99.0 Å². The number of carboxylic acids is 2. The maximum Gasteiger partial charge on any atom is 1.00 e. The van der Waals surface area contributed by atoms with Crippen molar-refractivity contribution in [1.82, 2.24) is 4.31 Å². The van der Waals surface area contributed by atoms with E-state index < -0.39 is 39.7 Å². The summed E-state index contributed by atoms with van der Waals surface area (Å²) in [5, 5.41) is 28.1. The van der Waals surface area contributed by atoms with Crippen molar-refractivity contribution >= 4 is 50.8 Å². The van der Waals surface area contributed by atoms with Crippen molar-refractivity contribution in [2.24, 2.45) is 5.92 Å². The molecule has 0 atom stereocenters. The zero-order valence-electron chi connectivity index (χ0n) is 33.2. The molecule has 1 fully saturated rings. The third kappa shape index (κ3) is 12.2. The van der Waals surface area contributed by atoms with Gasteiger partial charge in [-0.2, -0.15) is 4.31 Å². The number of hydrogen-bond donors (Lipinski definition) is 2. The number of sulfonamides is 1. The maximum absolute atomic E-state index is 13.8. The van der Waals surface area contributed by atoms with E-state index in [0.717, 1.165) is 16.8 Å². The van der Waals surface area contributed by atoms with Crippen LogP contribution < -0.4 is 84.9 Å². The van der Waals surface area contributed by atoms with Crippen molar-refractivity contribution in [1.29, 1.82) is 0 Å². The van der Waals surface area contributed by atoms with Crippen molar-refractivity contribution < 1.29 is 96.9 Å². The van der Waals surface area contributed by atoms with Crippen LogP contribution in [0.1, 0.15) is 88.7 Å². The van der Waals surface area contributed by atoms with Gasteiger partial charge in [-0.15, -0.1) is 0 Å². The van der Waals surface area contributed by atoms with Crippen LogP contribution in [0.4, 0.5) is 17.1 Å². The second-order valence-corrected chi connectivity index (χ2v) is 15.4. The van der Waals surface area contributed by atoms with Crippen LogP contribution in [-0.2, 0) is 27.7 Å². The van der Waals surface area contributed by atoms with Crippen LogP contribution >= 0.6 is 0 Å². The molecule has 2 amide bonds. The molecule has 290 valence electrons. The first-order valence-electron chi connectivity index (χ1n) is 18.6. The molecule has 15 heteroatoms. The molecule has 4 aromatic rings. The average molecular weight is 813 g/mol. The molecule has 5 rings (SSSR count). The summed E-state index contributed by atoms with van der Waals surface area (Å²) in [6, 6.07) is 24.5. The number of carboxylic acid groups (broad SMARTS) is 2. The fraction of sp³-hybridized carbons (Fsp3) is 0.333. The standard InChI is InChI=1S/C42H48N4O8S.2Na/c1-4-45(5-2)35-24-25-38(37(27-35)40(48)43-33-20-14-29(15-21-33)11-10-28-12-16-30(17-13-28)41(49)50)44-39(47)32-8-7-9-36(26-32)55(53,54)46(6-3)34-22-18-31(19-23-34)42(51)52;;/h7-9,12-17,20-21,24-27,31,34H,4-6,10-11,18-19,22-23H2,1-3H3,(H,43,48)(H,44,47)(H,49,50)(H,51,52);;/q;2*+1/p-2/t31-,34-;;. The van der Waals surface area contributed by atoms with Gasteiger partial charge in [0.1, 0.15) is 0 Å². The van der Waals surface area contributed by atoms with Crippen molar-refractivity contribution in [2.45, 2.75) is 70.2 Å². The fourth-order valence-corrected chi connectivity index (χ4v) is 8.76. The predicted molar refractivity (Wildman–Crippen MR) is 207 cm³/mol. The van der Waals surface area contributed by atoms with Crippen molar-refractivity contribution in [3.8, 4) is 0 Å². The minimum absolute atomic E-state index is 0. The van der Waals surface area contributed by atoms with Crippen LogP contribution in [0, 0.1) is 5.92 Å². The largest absolute Gasteiger partial charge is 1.00 e. The van der Waals surface area contributed by atoms with Crippen LogP contribution in [0.15, 0.2) is 95.9 Å². The summed E-state index contributed by atoms with van der Waals surface area (Å²) in [6.45, 7) is 7.31. The van der Waals surface area contributed by atoms with E-state index in [1.807, 2.05) is 32.0 Å². The summed E-state index contributed by atoms with van der Waals surface area (Å²) in [7, 11) is -4.02. The molecule has 1 saturated carbocycles. The van der Waals surface area contributed by atoms with Gasteiger partial charge in [0.2, 0.25) is 10.0 Å². The van der Waals surface area contributed by atoms with Crippen LogP contribution in [-0.4, -0.2) is 62.2 Å². The molecule has 0 aromatic heterocycles. The number of hydrogen-bond acceptors (Lipinski definition) is 9. The number of aliphatic carboxylic acids is 1. The first-order valence-corrected chi connectivity index (χ1v) is 20.0. The Morgan fingerprint density at radius 3 is 1.82 bits per heavy atom. The van der Waals surface area contributed by atoms with Gasteiger partial charge in [-0.1, -0.05) is 49.4 Å². The molecule has 12 nitrogen and oxygen atoms in total. The summed E-state index contributed by atoms with van der Waals surface area (Å²) in [5.41, 5.74) is 4.01. The Morgan fingerprint density at radius 2 is 1.28 bits per heavy atom. The Labute approximate surface area is 379 Å². The smallest absolute Gasteiger partial charge is 0.550 e. The molecule has 0 spiro atoms. The summed E-state index contributed by atoms with van der Waals surface area (Å²) in [4.78, 5) is 51.9. The summed E-state index contributed by atoms with van der Waals surface area (Å²) in [6.07, 6.45) is 2.86. The number of amides is 2. The quantitative estimate of drug-likeness (QED) is 0.128. The molecule has 1 aliphatic carbocycles. The number of nitrogens with zero attached hydrogens (tertiary/aromatic N) is 2. The van der Waals surface area contributed by atoms with Crippen molar-refractivity contribution in [3.63, 3.8) is 0 Å². The number of carbonyl (C=O) groups excluding carboxylic acids is 4. The number of nitrogens with one attached hydrogen (secondary N) is 2. The molecule has 0 bridgehead atoms. The fourth-order valence-electron chi connectivity index (χ4n) is 7.02. The van der Waals surface area contributed by atoms with E-state index >= 15 is 0 Å². The van der Waals surface area contributed by atoms with E-state index in [0.29, 0.717) is 57.3 Å². The van der Waals surface area contributed by atoms with Gasteiger partial charge >= 0.3 is 59.1 Å². The normalized spacial score (nSPS) is 15.1. The zero-order valence-corrected chi connectivity index (χ0v) is 38.1. The second-order valence-electron chi connectivity index (χ2n) is 13.6. The minimum Gasteiger partial charge on any atom is -0.550 e. The molecule has 0 unspecified atom stereocenters. The molecular formula is C42H46N4Na2O8S. The van der Waals surface area contributed by atoms with Crippen molar-refractivity contribution in [2.75, 3.05) is 35.2 Å². The third-order valence-electron chi connectivity index (χ3n) is 10.2. The molecule has 0 radical (unpaired) electrons. The molecule has 0 saturated heterocycles. The van der Waals surface area contributed by atoms with Gasteiger partial charge < -0.3 is 35.3 Å². The van der Waals surface area contributed by atoms with Crippen LogP contribution in [0.5, 0.6) is 0 Å². The van der Waals surface area contributed by atoms with Crippen LogP contribution in [0.25, 0.3) is 0 Å². The Bertz CT molecular complexity index is 2120. The molecular weight excluding hydrogens is 767 g/mol. The Kier molecular flexibility index (Phi) is 18.5. The number of aryl methyl sites for hydroxylation is 2. The van der Waals surface area contributed by atoms with Gasteiger partial charge in [0, 0.05) is 48.6 Å². The number of carbonyl (C=O) groups is 4. The van der Waals surface area contributed by atoms with E-state index in [4.69, 9.17) is 0 Å². The number of rotatable bonds is 16. The monoisotopic (exact) mass is 812 g/mol. The first kappa shape index (κ1) is 47.8. The molecule has 57 heavy (non-hydrogen) atoms. The summed E-state index contributed by atoms with van der Waals surface area (Å²) < 4.78 is 29.0. The van der Waals surface area contributed by atoms with Crippen molar-refractivity contribution in [3.05, 3.63) is 119 Å². The molecule has 0 aliphatic heterocycles. The number of aromatic carboxylic acids is 1. The topological polar surface area (TPSA) is 179 Å². The van der Waals surface area contributed by atoms with Gasteiger partial charge in [-0.25, -0.2) is 8.42 Å². The van der Waals surface area contributed by atoms with Crippen LogP contribution in [0.2, 0.25) is 0 Å². The van der Waals surface area contributed by atoms with Gasteiger partial charge in [-0.3, -0.25) is 9.59 Å². The zero-order chi connectivity index (χ0) is 39.7. The maximum atomic E-state index is 13.8. The summed E-state index contributed by atoms with van der Waals surface area (Å²) >= 11 is 0. The van der Waals surface area contributed by atoms with Gasteiger partial charge in [0.05, 0.1) is 22.1 Å². The van der Waals surface area contributed by atoms with Gasteiger partial charge in [-0.05, 0) is 124 Å². The Balaban J connectivity index is 0.00000435. The first-order chi connectivity index (χ1) is 26.3. The second kappa shape index (κ2) is 22.0. The molecule has 1 aliphatic rings. The van der Waals surface area contributed by atoms with Gasteiger partial charge in [0.25, 0.3) is 11.8 Å². The Morgan fingerprint density at radius 1 is 0.684 bits per heavy atom. The van der Waals surface area contributed by atoms with E-state index in [1.54, 1.807) is 43.3 Å². The minimum atomic E-state index is -4.02. The van der Waals surface area contributed by atoms with Gasteiger partial charge in [0.15, 0.2) is 0 Å². The van der Waals surface area contributed by atoms with E-state index in [1.165, 1.54) is 40.7 Å². The molecule has 2 N–H and O–H groups in total. The number of benzene rings is 4. The third-order valence-corrected chi connectivity index (χ3v) is 12.2. The molecule has 0 heterocycles. The summed E-state index contributed by atoms with van der Waals surface area (Å²) in [5.74, 6) is -3.97. The number of anilines is 3. The van der Waals surface area contributed by atoms with E-state index in [2.05, 4.69) is 15.5 Å². The van der Waals surface area contributed by atoms with Crippen LogP contribution in [0.3, 0.4) is 0 Å². The SMILES string of the molecule is CCN(CC)c1ccc(NC(=O)c2cccc(S(=O)(=O)N(CC)[C@H]3CC[C@H](C(=O)[O-])CC3)c2)c(C(=O)Nc2ccc(CCc3ccc(C(=O)[O-])cc3)cc2)c1.[Na+].[Na+]. The molecule has 4 aromatic carbocycles. The van der Waals surface area contributed by atoms with E-state index in [9.17, 15) is 37.8 Å². The Hall–Kier alpha value is -3.53. The average Bonchev–Trinajstić information content (AvgIpc) is 3.19. The predicted octanol–water partition coefficient (Wildman–Crippen LogP) is -1.49.